The summed E-state index contributed by atoms with van der Waals surface area (Å²) in [7, 11) is 3.36. The van der Waals surface area contributed by atoms with Crippen molar-refractivity contribution >= 4 is 21.6 Å². The molecule has 0 aliphatic carbocycles. The number of hydrogen-bond acceptors (Lipinski definition) is 1. The first-order valence-corrected chi connectivity index (χ1v) is 7.08. The van der Waals surface area contributed by atoms with Crippen molar-refractivity contribution in [2.75, 3.05) is 0 Å². The van der Waals surface area contributed by atoms with Crippen LogP contribution in [0, 0.1) is 17.7 Å². The molecule has 0 saturated carbocycles. The molecule has 0 aromatic rings. The normalized spacial score (nSPS) is 12.1. The molecule has 0 N–H and O–H groups in total. The second-order valence-electron chi connectivity index (χ2n) is 5.36. The number of rotatable bonds is 4. The third kappa shape index (κ3) is 5.90. The van der Waals surface area contributed by atoms with Gasteiger partial charge in [0, 0.05) is 0 Å². The van der Waals surface area contributed by atoms with Crippen molar-refractivity contribution in [3.63, 3.8) is 0 Å². The van der Waals surface area contributed by atoms with E-state index in [1.807, 2.05) is 32.6 Å². The number of terminal acetylenes is 1. The van der Waals surface area contributed by atoms with Gasteiger partial charge in [0.15, 0.2) is 0 Å². The zero-order valence-electron chi connectivity index (χ0n) is 13.2. The van der Waals surface area contributed by atoms with Crippen molar-refractivity contribution in [3.8, 4) is 12.2 Å². The zero-order valence-corrected chi connectivity index (χ0v) is 14.2. The molecule has 0 saturated heterocycles. The van der Waals surface area contributed by atoms with Gasteiger partial charge >= 0.3 is 6.92 Å². The van der Waals surface area contributed by atoms with E-state index in [1.54, 1.807) is 0 Å². The van der Waals surface area contributed by atoms with Crippen LogP contribution in [0.3, 0.4) is 0 Å². The monoisotopic (exact) mass is 266 g/mol. The first-order chi connectivity index (χ1) is 8.19. The third-order valence-electron chi connectivity index (χ3n) is 3.17. The van der Waals surface area contributed by atoms with Crippen LogP contribution >= 0.6 is 8.86 Å². The summed E-state index contributed by atoms with van der Waals surface area (Å²) in [6, 6.07) is 0. The van der Waals surface area contributed by atoms with Crippen LogP contribution in [0.25, 0.3) is 0 Å². The lowest BCUT2D eigenvalue weighted by Crippen LogP contribution is -2.44. The van der Waals surface area contributed by atoms with Crippen molar-refractivity contribution in [1.29, 1.82) is 0 Å². The van der Waals surface area contributed by atoms with E-state index in [2.05, 4.69) is 49.3 Å². The minimum Gasteiger partial charge on any atom is -0.415 e. The van der Waals surface area contributed by atoms with Gasteiger partial charge in [0.05, 0.1) is 5.60 Å². The van der Waals surface area contributed by atoms with Gasteiger partial charge in [0.2, 0.25) is 0 Å². The summed E-state index contributed by atoms with van der Waals surface area (Å²) in [6.45, 7) is 16.2. The Kier molecular flexibility index (Phi) is 9.44. The average molecular weight is 266 g/mol. The van der Waals surface area contributed by atoms with Gasteiger partial charge in [-0.3, -0.25) is 0 Å². The zero-order chi connectivity index (χ0) is 15.0. The maximum absolute atomic E-state index is 6.03. The van der Waals surface area contributed by atoms with E-state index in [0.717, 1.165) is 5.47 Å². The molecular weight excluding hydrogens is 238 g/mol. The van der Waals surface area contributed by atoms with Crippen LogP contribution in [0.2, 0.25) is 0 Å². The van der Waals surface area contributed by atoms with Gasteiger partial charge in [-0.15, -0.1) is 21.1 Å². The van der Waals surface area contributed by atoms with Gasteiger partial charge in [0.25, 0.3) is 0 Å². The topological polar surface area (TPSA) is 9.23 Å². The summed E-state index contributed by atoms with van der Waals surface area (Å²) in [6.07, 6.45) is 7.47. The van der Waals surface area contributed by atoms with E-state index >= 15 is 0 Å². The van der Waals surface area contributed by atoms with Gasteiger partial charge < -0.3 is 4.65 Å². The molecule has 0 unspecified atom stereocenters. The molecule has 0 amide bonds. The van der Waals surface area contributed by atoms with Crippen LogP contribution in [-0.4, -0.2) is 18.3 Å². The Morgan fingerprint density at radius 3 is 1.89 bits per heavy atom. The number of allylic oxidation sites excluding steroid dienone is 2. The molecule has 0 radical (unpaired) electrons. The largest absolute Gasteiger partial charge is 0.415 e. The Hall–Kier alpha value is -0.505. The SMILES string of the molecule is C#CB(OC(C)(C)C(C)(C)C)/C(C=P)=C/C.CC. The molecule has 102 valence electrons. The second-order valence-corrected chi connectivity index (χ2v) is 5.65. The fourth-order valence-corrected chi connectivity index (χ4v) is 1.30. The van der Waals surface area contributed by atoms with E-state index < -0.39 is 0 Å². The van der Waals surface area contributed by atoms with Crippen LogP contribution in [0.1, 0.15) is 55.4 Å². The highest BCUT2D eigenvalue weighted by Gasteiger charge is 2.37. The van der Waals surface area contributed by atoms with Gasteiger partial charge in [-0.25, -0.2) is 0 Å². The van der Waals surface area contributed by atoms with Crippen molar-refractivity contribution in [2.24, 2.45) is 5.41 Å². The second kappa shape index (κ2) is 8.57. The Balaban J connectivity index is 0. The molecule has 0 fully saturated rings. The number of hydrogen-bond donors (Lipinski definition) is 0. The van der Waals surface area contributed by atoms with Gasteiger partial charge in [-0.1, -0.05) is 40.7 Å². The first-order valence-electron chi connectivity index (χ1n) is 6.50. The molecule has 0 atom stereocenters. The van der Waals surface area contributed by atoms with Crippen molar-refractivity contribution < 1.29 is 4.65 Å². The smallest absolute Gasteiger partial charge is 0.415 e. The molecular formula is C15H28BOP. The molecule has 3 heteroatoms. The molecule has 1 nitrogen and oxygen atoms in total. The molecule has 0 rings (SSSR count). The highest BCUT2D eigenvalue weighted by Crippen LogP contribution is 2.33. The van der Waals surface area contributed by atoms with Gasteiger partial charge in [0.1, 0.15) is 0 Å². The van der Waals surface area contributed by atoms with Crippen LogP contribution in [0.15, 0.2) is 11.5 Å². The fraction of sp³-hybridized carbons (Fsp3) is 0.667. The summed E-state index contributed by atoms with van der Waals surface area (Å²) in [4.78, 5) is 0. The lowest BCUT2D eigenvalue weighted by atomic mass is 9.60. The van der Waals surface area contributed by atoms with Crippen LogP contribution in [0.5, 0.6) is 0 Å². The summed E-state index contributed by atoms with van der Waals surface area (Å²) < 4.78 is 6.03. The predicted octanol–water partition coefficient (Wildman–Crippen LogP) is 4.45. The summed E-state index contributed by atoms with van der Waals surface area (Å²) >= 11 is 0. The van der Waals surface area contributed by atoms with E-state index in [9.17, 15) is 0 Å². The van der Waals surface area contributed by atoms with Crippen LogP contribution in [-0.2, 0) is 4.65 Å². The van der Waals surface area contributed by atoms with Crippen molar-refractivity contribution in [2.45, 2.75) is 61.0 Å². The summed E-state index contributed by atoms with van der Waals surface area (Å²) in [5.41, 5.74) is 0.719. The molecule has 0 aromatic heterocycles. The fourth-order valence-electron chi connectivity index (χ4n) is 0.980. The summed E-state index contributed by atoms with van der Waals surface area (Å²) in [5.74, 6) is 4.49. The van der Waals surface area contributed by atoms with Gasteiger partial charge in [-0.05, 0) is 37.5 Å². The van der Waals surface area contributed by atoms with E-state index in [0.29, 0.717) is 0 Å². The van der Waals surface area contributed by atoms with Crippen LogP contribution < -0.4 is 0 Å². The molecule has 0 aliphatic heterocycles. The summed E-state index contributed by atoms with van der Waals surface area (Å²) in [5, 5.41) is 0. The van der Waals surface area contributed by atoms with E-state index in [4.69, 9.17) is 11.1 Å². The maximum Gasteiger partial charge on any atom is 0.415 e. The standard InChI is InChI=1S/C13H22BOP.C2H6/c1-8-11(10-16)14(9-2)15-13(6,7)12(3,4)5;1-2/h2,8,10,16H,1,3-7H3;1-2H3/b11-8+;. The minimum absolute atomic E-state index is 0.0344. The lowest BCUT2D eigenvalue weighted by Gasteiger charge is -2.40. The highest BCUT2D eigenvalue weighted by molar-refractivity contribution is 7.20. The first kappa shape index (κ1) is 19.8. The predicted molar refractivity (Wildman–Crippen MR) is 88.7 cm³/mol. The third-order valence-corrected chi connectivity index (χ3v) is 3.51. The molecule has 18 heavy (non-hydrogen) atoms. The van der Waals surface area contributed by atoms with Crippen molar-refractivity contribution in [3.05, 3.63) is 11.5 Å². The van der Waals surface area contributed by atoms with Crippen LogP contribution in [0.4, 0.5) is 0 Å². The maximum atomic E-state index is 6.03. The highest BCUT2D eigenvalue weighted by atomic mass is 31.0. The molecule has 0 bridgehead atoms. The van der Waals surface area contributed by atoms with Gasteiger partial charge in [-0.2, -0.15) is 0 Å². The van der Waals surface area contributed by atoms with E-state index in [1.165, 1.54) is 0 Å². The molecule has 0 heterocycles. The lowest BCUT2D eigenvalue weighted by molar-refractivity contribution is 0.00134. The average Bonchev–Trinajstić information content (AvgIpc) is 2.30. The Labute approximate surface area is 117 Å². The molecule has 0 aliphatic rings. The minimum atomic E-state index is -0.309. The quantitative estimate of drug-likeness (QED) is 0.415. The van der Waals surface area contributed by atoms with Crippen molar-refractivity contribution in [1.82, 2.24) is 0 Å². The molecule has 0 spiro atoms. The van der Waals surface area contributed by atoms with E-state index in [-0.39, 0.29) is 17.9 Å². The Morgan fingerprint density at radius 1 is 1.22 bits per heavy atom. The Bertz CT molecular complexity index is 318. The Morgan fingerprint density at radius 2 is 1.67 bits per heavy atom. The molecule has 0 aromatic carbocycles.